The SMILES string of the molecule is SCCCCCCCCCCCCCCCCCCCCCCCCCCCCCCCCCCBr. The Kier molecular flexibility index (Phi) is 36.7. The fraction of sp³-hybridized carbons (Fsp3) is 1.00. The van der Waals surface area contributed by atoms with Gasteiger partial charge < -0.3 is 0 Å². The predicted molar refractivity (Wildman–Crippen MR) is 175 cm³/mol. The second-order valence-corrected chi connectivity index (χ2v) is 13.0. The molecule has 0 aliphatic rings. The van der Waals surface area contributed by atoms with Crippen LogP contribution in [0.15, 0.2) is 0 Å². The van der Waals surface area contributed by atoms with Crippen LogP contribution in [0.3, 0.4) is 0 Å². The van der Waals surface area contributed by atoms with Crippen molar-refractivity contribution in [3.05, 3.63) is 0 Å². The lowest BCUT2D eigenvalue weighted by atomic mass is 10.0. The van der Waals surface area contributed by atoms with Crippen molar-refractivity contribution < 1.29 is 0 Å². The third kappa shape index (κ3) is 34.8. The zero-order chi connectivity index (χ0) is 26.0. The van der Waals surface area contributed by atoms with Crippen molar-refractivity contribution in [3.63, 3.8) is 0 Å². The average molecular weight is 590 g/mol. The average Bonchev–Trinajstić information content (AvgIpc) is 2.89. The zero-order valence-electron chi connectivity index (χ0n) is 24.9. The van der Waals surface area contributed by atoms with Gasteiger partial charge in [0.15, 0.2) is 0 Å². The number of alkyl halides is 1. The lowest BCUT2D eigenvalue weighted by Crippen LogP contribution is -1.85. The van der Waals surface area contributed by atoms with Gasteiger partial charge in [-0.2, -0.15) is 12.6 Å². The summed E-state index contributed by atoms with van der Waals surface area (Å²) in [5.41, 5.74) is 0. The van der Waals surface area contributed by atoms with E-state index in [1.165, 1.54) is 211 Å². The third-order valence-electron chi connectivity index (χ3n) is 8.04. The molecule has 0 bridgehead atoms. The van der Waals surface area contributed by atoms with Crippen LogP contribution in [0.25, 0.3) is 0 Å². The summed E-state index contributed by atoms with van der Waals surface area (Å²) in [6, 6.07) is 0. The van der Waals surface area contributed by atoms with Crippen molar-refractivity contribution in [1.82, 2.24) is 0 Å². The molecular formula is C34H69BrS. The fourth-order valence-electron chi connectivity index (χ4n) is 5.51. The van der Waals surface area contributed by atoms with Gasteiger partial charge in [0.2, 0.25) is 0 Å². The van der Waals surface area contributed by atoms with Crippen molar-refractivity contribution in [2.24, 2.45) is 0 Å². The van der Waals surface area contributed by atoms with Crippen LogP contribution in [0.5, 0.6) is 0 Å². The molecule has 0 amide bonds. The zero-order valence-corrected chi connectivity index (χ0v) is 27.3. The van der Waals surface area contributed by atoms with Crippen LogP contribution in [0.1, 0.15) is 205 Å². The molecule has 0 aromatic heterocycles. The quantitative estimate of drug-likeness (QED) is 0.0439. The second-order valence-electron chi connectivity index (χ2n) is 11.7. The summed E-state index contributed by atoms with van der Waals surface area (Å²) in [5, 5.41) is 1.19. The molecule has 0 aliphatic carbocycles. The van der Waals surface area contributed by atoms with Crippen LogP contribution in [-0.2, 0) is 0 Å². The van der Waals surface area contributed by atoms with Crippen LogP contribution >= 0.6 is 28.6 Å². The molecule has 0 radical (unpaired) electrons. The van der Waals surface area contributed by atoms with Gasteiger partial charge in [-0.25, -0.2) is 0 Å². The molecule has 218 valence electrons. The summed E-state index contributed by atoms with van der Waals surface area (Å²) in [5.74, 6) is 1.07. The minimum absolute atomic E-state index is 1.07. The van der Waals surface area contributed by atoms with Gasteiger partial charge >= 0.3 is 0 Å². The first-order chi connectivity index (χ1) is 17.9. The first-order valence-corrected chi connectivity index (χ1v) is 18.8. The third-order valence-corrected chi connectivity index (χ3v) is 8.92. The summed E-state index contributed by atoms with van der Waals surface area (Å²) in [7, 11) is 0. The minimum atomic E-state index is 1.07. The molecule has 0 rings (SSSR count). The number of rotatable bonds is 33. The van der Waals surface area contributed by atoms with E-state index >= 15 is 0 Å². The van der Waals surface area contributed by atoms with Crippen molar-refractivity contribution >= 4 is 28.6 Å². The first-order valence-electron chi connectivity index (χ1n) is 17.1. The lowest BCUT2D eigenvalue weighted by Gasteiger charge is -2.04. The molecule has 0 aromatic carbocycles. The molecular weight excluding hydrogens is 520 g/mol. The van der Waals surface area contributed by atoms with Crippen LogP contribution in [0.2, 0.25) is 0 Å². The van der Waals surface area contributed by atoms with Gasteiger partial charge in [-0.05, 0) is 18.6 Å². The van der Waals surface area contributed by atoms with Gasteiger partial charge in [-0.15, -0.1) is 0 Å². The van der Waals surface area contributed by atoms with Crippen LogP contribution in [0.4, 0.5) is 0 Å². The maximum absolute atomic E-state index is 4.28. The molecule has 0 aromatic rings. The van der Waals surface area contributed by atoms with Crippen LogP contribution < -0.4 is 0 Å². The van der Waals surface area contributed by atoms with Gasteiger partial charge in [-0.3, -0.25) is 0 Å². The van der Waals surface area contributed by atoms with Crippen molar-refractivity contribution in [2.75, 3.05) is 11.1 Å². The van der Waals surface area contributed by atoms with Crippen LogP contribution in [-0.4, -0.2) is 11.1 Å². The lowest BCUT2D eigenvalue weighted by molar-refractivity contribution is 0.512. The van der Waals surface area contributed by atoms with E-state index in [1.807, 2.05) is 0 Å². The first kappa shape index (κ1) is 36.8. The van der Waals surface area contributed by atoms with E-state index in [0.29, 0.717) is 0 Å². The molecule has 0 saturated carbocycles. The predicted octanol–water partition coefficient (Wildman–Crippen LogP) is 13.8. The highest BCUT2D eigenvalue weighted by Crippen LogP contribution is 2.16. The Morgan fingerprint density at radius 1 is 0.222 bits per heavy atom. The Morgan fingerprint density at radius 2 is 0.361 bits per heavy atom. The van der Waals surface area contributed by atoms with Gasteiger partial charge in [0.25, 0.3) is 0 Å². The number of hydrogen-bond acceptors (Lipinski definition) is 1. The van der Waals surface area contributed by atoms with E-state index in [0.717, 1.165) is 5.75 Å². The smallest absolute Gasteiger partial charge is 0.00313 e. The van der Waals surface area contributed by atoms with E-state index in [9.17, 15) is 0 Å². The Hall–Kier alpha value is 0.830. The van der Waals surface area contributed by atoms with Gasteiger partial charge in [0.05, 0.1) is 0 Å². The Morgan fingerprint density at radius 3 is 0.500 bits per heavy atom. The highest BCUT2D eigenvalue weighted by atomic mass is 79.9. The number of hydrogen-bond donors (Lipinski definition) is 1. The van der Waals surface area contributed by atoms with Gasteiger partial charge in [0.1, 0.15) is 0 Å². The minimum Gasteiger partial charge on any atom is -0.179 e. The molecule has 0 heterocycles. The van der Waals surface area contributed by atoms with E-state index < -0.39 is 0 Å². The Balaban J connectivity index is 3.00. The fourth-order valence-corrected chi connectivity index (χ4v) is 6.13. The molecule has 0 unspecified atom stereocenters. The summed E-state index contributed by atoms with van der Waals surface area (Å²) in [4.78, 5) is 0. The Bertz CT molecular complexity index is 325. The molecule has 0 aliphatic heterocycles. The van der Waals surface area contributed by atoms with Gasteiger partial charge in [-0.1, -0.05) is 209 Å². The Labute approximate surface area is 244 Å². The van der Waals surface area contributed by atoms with Crippen molar-refractivity contribution in [1.29, 1.82) is 0 Å². The van der Waals surface area contributed by atoms with Crippen molar-refractivity contribution in [3.8, 4) is 0 Å². The standard InChI is InChI=1S/C34H69BrS/c35-33-31-29-27-25-23-21-19-17-15-13-11-9-7-5-3-1-2-4-6-8-10-12-14-16-18-20-22-24-26-28-30-32-34-36/h36H,1-34H2. The van der Waals surface area contributed by atoms with E-state index in [1.54, 1.807) is 0 Å². The molecule has 0 nitrogen and oxygen atoms in total. The van der Waals surface area contributed by atoms with Crippen LogP contribution in [0, 0.1) is 0 Å². The summed E-state index contributed by atoms with van der Waals surface area (Å²) in [6.45, 7) is 0. The summed E-state index contributed by atoms with van der Waals surface area (Å²) in [6.07, 6.45) is 46.9. The number of unbranched alkanes of at least 4 members (excludes halogenated alkanes) is 31. The number of thiol groups is 1. The monoisotopic (exact) mass is 588 g/mol. The molecule has 2 heteroatoms. The molecule has 0 N–H and O–H groups in total. The van der Waals surface area contributed by atoms with E-state index in [2.05, 4.69) is 28.6 Å². The van der Waals surface area contributed by atoms with Crippen molar-refractivity contribution in [2.45, 2.75) is 205 Å². The highest BCUT2D eigenvalue weighted by molar-refractivity contribution is 9.09. The largest absolute Gasteiger partial charge is 0.179 e. The topological polar surface area (TPSA) is 0 Å². The molecule has 0 spiro atoms. The number of halogens is 1. The molecule has 0 fully saturated rings. The molecule has 0 saturated heterocycles. The summed E-state index contributed by atoms with van der Waals surface area (Å²) >= 11 is 7.81. The van der Waals surface area contributed by atoms with E-state index in [-0.39, 0.29) is 0 Å². The summed E-state index contributed by atoms with van der Waals surface area (Å²) < 4.78 is 0. The second kappa shape index (κ2) is 35.8. The highest BCUT2D eigenvalue weighted by Gasteiger charge is 1.97. The normalized spacial score (nSPS) is 11.5. The maximum Gasteiger partial charge on any atom is 0.00313 e. The molecule has 0 atom stereocenters. The van der Waals surface area contributed by atoms with Gasteiger partial charge in [0, 0.05) is 5.33 Å². The maximum atomic E-state index is 4.28. The van der Waals surface area contributed by atoms with E-state index in [4.69, 9.17) is 0 Å². The molecule has 36 heavy (non-hydrogen) atoms.